The van der Waals surface area contributed by atoms with E-state index in [0.717, 1.165) is 16.7 Å². The molecule has 0 spiro atoms. The summed E-state index contributed by atoms with van der Waals surface area (Å²) >= 11 is 0. The van der Waals surface area contributed by atoms with E-state index in [1.54, 1.807) is 34.8 Å². The Bertz CT molecular complexity index is 1720. The highest BCUT2D eigenvalue weighted by Crippen LogP contribution is 2.29. The minimum Gasteiger partial charge on any atom is -0.492 e. The number of ether oxygens (including phenoxy) is 1. The Kier molecular flexibility index (Phi) is 9.23. The number of halogens is 1. The molecular formula is C32H31FN6O4. The van der Waals surface area contributed by atoms with Crippen LogP contribution in [0.3, 0.4) is 0 Å². The molecule has 3 aromatic carbocycles. The van der Waals surface area contributed by atoms with Gasteiger partial charge in [0.15, 0.2) is 5.65 Å². The van der Waals surface area contributed by atoms with Crippen molar-refractivity contribution in [1.82, 2.24) is 19.9 Å². The van der Waals surface area contributed by atoms with Crippen LogP contribution in [0.5, 0.6) is 5.75 Å². The highest BCUT2D eigenvalue weighted by atomic mass is 19.1. The number of aliphatic hydroxyl groups excluding tert-OH is 1. The van der Waals surface area contributed by atoms with Crippen LogP contribution in [0.2, 0.25) is 0 Å². The minimum absolute atomic E-state index is 0.00778. The summed E-state index contributed by atoms with van der Waals surface area (Å²) in [5, 5.41) is 22.3. The van der Waals surface area contributed by atoms with Crippen LogP contribution in [-0.4, -0.2) is 51.3 Å². The first kappa shape index (κ1) is 29.2. The number of hydrogen-bond donors (Lipinski definition) is 4. The summed E-state index contributed by atoms with van der Waals surface area (Å²) in [6, 6.07) is 22.2. The molecule has 2 amide bonds. The van der Waals surface area contributed by atoms with Crippen LogP contribution >= 0.6 is 0 Å². The monoisotopic (exact) mass is 582 g/mol. The van der Waals surface area contributed by atoms with Gasteiger partial charge in [-0.05, 0) is 79.1 Å². The maximum Gasteiger partial charge on any atom is 0.251 e. The second kappa shape index (κ2) is 13.6. The highest BCUT2D eigenvalue weighted by Gasteiger charge is 2.13. The molecule has 10 nitrogen and oxygen atoms in total. The Labute approximate surface area is 247 Å². The quantitative estimate of drug-likeness (QED) is 0.153. The molecule has 43 heavy (non-hydrogen) atoms. The molecule has 0 bridgehead atoms. The lowest BCUT2D eigenvalue weighted by atomic mass is 10.1. The van der Waals surface area contributed by atoms with Gasteiger partial charge in [0, 0.05) is 36.2 Å². The Morgan fingerprint density at radius 2 is 1.74 bits per heavy atom. The molecule has 5 rings (SSSR count). The number of nitrogens with zero attached hydrogens (tertiary/aromatic N) is 3. The van der Waals surface area contributed by atoms with Gasteiger partial charge in [0.2, 0.25) is 11.9 Å². The van der Waals surface area contributed by atoms with Gasteiger partial charge in [0.05, 0.1) is 18.7 Å². The second-order valence-corrected chi connectivity index (χ2v) is 9.69. The second-order valence-electron chi connectivity index (χ2n) is 9.69. The summed E-state index contributed by atoms with van der Waals surface area (Å²) in [6.45, 7) is 2.65. The summed E-state index contributed by atoms with van der Waals surface area (Å²) in [5.41, 5.74) is 4.90. The fraction of sp³-hybridized carbons (Fsp3) is 0.188. The number of carbonyl (C=O) groups is 2. The number of benzene rings is 3. The number of fused-ring (bicyclic) bond motifs is 1. The molecule has 0 aliphatic carbocycles. The molecule has 0 atom stereocenters. The summed E-state index contributed by atoms with van der Waals surface area (Å²) in [7, 11) is 0. The van der Waals surface area contributed by atoms with Gasteiger partial charge in [0.25, 0.3) is 5.91 Å². The average molecular weight is 583 g/mol. The Hall–Kier alpha value is -5.29. The molecular weight excluding hydrogens is 551 g/mol. The van der Waals surface area contributed by atoms with Crippen LogP contribution in [0.15, 0.2) is 85.1 Å². The molecule has 0 radical (unpaired) electrons. The topological polar surface area (TPSA) is 130 Å². The van der Waals surface area contributed by atoms with Gasteiger partial charge in [-0.1, -0.05) is 24.3 Å². The van der Waals surface area contributed by atoms with Crippen LogP contribution in [0.25, 0.3) is 16.8 Å². The summed E-state index contributed by atoms with van der Waals surface area (Å²) < 4.78 is 20.5. The van der Waals surface area contributed by atoms with Crippen molar-refractivity contribution in [3.63, 3.8) is 0 Å². The van der Waals surface area contributed by atoms with Gasteiger partial charge < -0.3 is 25.8 Å². The van der Waals surface area contributed by atoms with E-state index >= 15 is 0 Å². The Morgan fingerprint density at radius 1 is 0.977 bits per heavy atom. The van der Waals surface area contributed by atoms with Crippen molar-refractivity contribution in [3.8, 4) is 16.9 Å². The lowest BCUT2D eigenvalue weighted by Crippen LogP contribution is -2.25. The SMILES string of the molecule is CCOc1cc(C(=O)NCCCO)ccc1Nc1nc2ccc(-c3ccc(NC(=O)Cc4ccc(F)cc4)cc3)cn2n1. The molecule has 2 heterocycles. The van der Waals surface area contributed by atoms with Gasteiger partial charge in [0.1, 0.15) is 11.6 Å². The molecule has 0 fully saturated rings. The number of hydrogen-bond acceptors (Lipinski definition) is 7. The van der Waals surface area contributed by atoms with Crippen molar-refractivity contribution in [2.24, 2.45) is 0 Å². The molecule has 4 N–H and O–H groups in total. The van der Waals surface area contributed by atoms with Gasteiger partial charge in [-0.3, -0.25) is 9.59 Å². The van der Waals surface area contributed by atoms with Gasteiger partial charge in [-0.15, -0.1) is 5.10 Å². The van der Waals surface area contributed by atoms with E-state index in [9.17, 15) is 14.0 Å². The number of aliphatic hydroxyl groups is 1. The number of pyridine rings is 1. The number of amides is 2. The third kappa shape index (κ3) is 7.52. The standard InChI is InChI=1S/C32H31FN6O4/c1-2-43-28-19-23(31(42)34-16-3-17-40)8-14-27(28)36-32-37-29-15-9-24(20-39(29)38-32)22-6-12-26(13-7-22)35-30(41)18-21-4-10-25(33)11-5-21/h4-15,19-20,40H,2-3,16-18H2,1H3,(H,34,42)(H,35,41)(H,36,38). The molecule has 0 unspecified atom stereocenters. The number of rotatable bonds is 12. The van der Waals surface area contributed by atoms with E-state index in [0.29, 0.717) is 53.9 Å². The predicted octanol–water partition coefficient (Wildman–Crippen LogP) is 4.97. The number of nitrogens with one attached hydrogen (secondary N) is 3. The first-order valence-corrected chi connectivity index (χ1v) is 13.9. The van der Waals surface area contributed by atoms with E-state index in [2.05, 4.69) is 26.0 Å². The first-order valence-electron chi connectivity index (χ1n) is 13.9. The van der Waals surface area contributed by atoms with Gasteiger partial charge in [-0.25, -0.2) is 8.91 Å². The summed E-state index contributed by atoms with van der Waals surface area (Å²) in [4.78, 5) is 29.4. The molecule has 0 saturated heterocycles. The zero-order valence-electron chi connectivity index (χ0n) is 23.5. The van der Waals surface area contributed by atoms with Crippen molar-refractivity contribution >= 4 is 34.8 Å². The Morgan fingerprint density at radius 3 is 2.49 bits per heavy atom. The van der Waals surface area contributed by atoms with Crippen LogP contribution in [0.1, 0.15) is 29.3 Å². The number of aromatic nitrogens is 3. The normalized spacial score (nSPS) is 10.9. The average Bonchev–Trinajstić information content (AvgIpc) is 3.41. The largest absolute Gasteiger partial charge is 0.492 e. The molecule has 0 saturated carbocycles. The molecule has 11 heteroatoms. The third-order valence-electron chi connectivity index (χ3n) is 6.52. The van der Waals surface area contributed by atoms with Crippen LogP contribution in [0, 0.1) is 5.82 Å². The smallest absolute Gasteiger partial charge is 0.251 e. The zero-order valence-corrected chi connectivity index (χ0v) is 23.5. The number of anilines is 3. The van der Waals surface area contributed by atoms with Crippen molar-refractivity contribution in [3.05, 3.63) is 102 Å². The maximum atomic E-state index is 13.1. The molecule has 5 aromatic rings. The highest BCUT2D eigenvalue weighted by molar-refractivity contribution is 5.95. The van der Waals surface area contributed by atoms with Crippen molar-refractivity contribution < 1.29 is 23.8 Å². The molecule has 220 valence electrons. The minimum atomic E-state index is -0.337. The van der Waals surface area contributed by atoms with Crippen LogP contribution < -0.4 is 20.7 Å². The molecule has 0 aliphatic heterocycles. The van der Waals surface area contributed by atoms with Gasteiger partial charge in [-0.2, -0.15) is 4.98 Å². The zero-order chi connectivity index (χ0) is 30.2. The van der Waals surface area contributed by atoms with Gasteiger partial charge >= 0.3 is 0 Å². The molecule has 0 aliphatic rings. The van der Waals surface area contributed by atoms with E-state index in [4.69, 9.17) is 9.84 Å². The summed E-state index contributed by atoms with van der Waals surface area (Å²) in [5.74, 6) is 0.0710. The van der Waals surface area contributed by atoms with E-state index in [1.807, 2.05) is 49.5 Å². The van der Waals surface area contributed by atoms with E-state index in [-0.39, 0.29) is 30.7 Å². The van der Waals surface area contributed by atoms with Crippen molar-refractivity contribution in [2.75, 3.05) is 30.4 Å². The van der Waals surface area contributed by atoms with E-state index < -0.39 is 0 Å². The van der Waals surface area contributed by atoms with E-state index in [1.165, 1.54) is 12.1 Å². The first-order chi connectivity index (χ1) is 20.9. The number of carbonyl (C=O) groups excluding carboxylic acids is 2. The predicted molar refractivity (Wildman–Crippen MR) is 162 cm³/mol. The fourth-order valence-electron chi connectivity index (χ4n) is 4.39. The summed E-state index contributed by atoms with van der Waals surface area (Å²) in [6.07, 6.45) is 2.49. The van der Waals surface area contributed by atoms with Crippen LogP contribution in [-0.2, 0) is 11.2 Å². The van der Waals surface area contributed by atoms with Crippen molar-refractivity contribution in [2.45, 2.75) is 19.8 Å². The third-order valence-corrected chi connectivity index (χ3v) is 6.52. The lowest BCUT2D eigenvalue weighted by Gasteiger charge is -2.12. The molecule has 2 aromatic heterocycles. The van der Waals surface area contributed by atoms with Crippen molar-refractivity contribution in [1.29, 1.82) is 0 Å². The lowest BCUT2D eigenvalue weighted by molar-refractivity contribution is -0.115. The maximum absolute atomic E-state index is 13.1. The fourth-order valence-corrected chi connectivity index (χ4v) is 4.39. The van der Waals surface area contributed by atoms with Crippen LogP contribution in [0.4, 0.5) is 21.7 Å². The Balaban J connectivity index is 1.26.